The van der Waals surface area contributed by atoms with E-state index < -0.39 is 24.0 Å². The number of amides is 3. The van der Waals surface area contributed by atoms with Crippen molar-refractivity contribution < 1.29 is 24.2 Å². The Hall–Kier alpha value is -1.83. The van der Waals surface area contributed by atoms with Gasteiger partial charge in [0.05, 0.1) is 19.2 Å². The van der Waals surface area contributed by atoms with E-state index in [1.807, 2.05) is 5.32 Å². The van der Waals surface area contributed by atoms with Crippen molar-refractivity contribution in [2.75, 3.05) is 13.2 Å². The van der Waals surface area contributed by atoms with Crippen LogP contribution in [0.15, 0.2) is 0 Å². The fourth-order valence-corrected chi connectivity index (χ4v) is 1.52. The highest BCUT2D eigenvalue weighted by atomic mass is 16.5. The summed E-state index contributed by atoms with van der Waals surface area (Å²) in [4.78, 5) is 32.2. The van der Waals surface area contributed by atoms with Crippen LogP contribution in [0.25, 0.3) is 0 Å². The number of ether oxygens (including phenoxy) is 1. The molecule has 1 fully saturated rings. The van der Waals surface area contributed by atoms with Crippen molar-refractivity contribution in [2.45, 2.75) is 25.0 Å². The Bertz CT molecular complexity index is 312. The van der Waals surface area contributed by atoms with Gasteiger partial charge in [0.2, 0.25) is 11.8 Å². The molecule has 0 unspecified atom stereocenters. The summed E-state index contributed by atoms with van der Waals surface area (Å²) in [6.45, 7) is -0.0997. The summed E-state index contributed by atoms with van der Waals surface area (Å²) in [5, 5.41) is 12.8. The number of carbonyl (C=O) groups excluding carboxylic acids is 2. The normalized spacial score (nSPS) is 23.8. The van der Waals surface area contributed by atoms with E-state index in [0.717, 1.165) is 0 Å². The third-order valence-corrected chi connectivity index (χ3v) is 2.36. The maximum Gasteiger partial charge on any atom is 0.405 e. The lowest BCUT2D eigenvalue weighted by Crippen LogP contribution is -2.48. The molecule has 8 nitrogen and oxygen atoms in total. The van der Waals surface area contributed by atoms with E-state index >= 15 is 0 Å². The second-order valence-corrected chi connectivity index (χ2v) is 3.72. The number of carbonyl (C=O) groups is 3. The first-order chi connectivity index (χ1) is 7.99. The Morgan fingerprint density at radius 1 is 1.35 bits per heavy atom. The third-order valence-electron chi connectivity index (χ3n) is 2.36. The predicted octanol–water partition coefficient (Wildman–Crippen LogP) is -1.60. The van der Waals surface area contributed by atoms with Gasteiger partial charge in [-0.1, -0.05) is 0 Å². The standard InChI is InChI=1S/C9H15N3O5/c10-8(14)6-2-1-5(4-17-6)12-7(13)3-11-9(15)16/h5-6,11H,1-4H2,(H2,10,14)(H,12,13)(H,15,16)/t5-,6+/m1/s1. The minimum absolute atomic E-state index is 0.201. The van der Waals surface area contributed by atoms with Crippen LogP contribution < -0.4 is 16.4 Å². The number of nitrogens with one attached hydrogen (secondary N) is 2. The molecule has 8 heteroatoms. The number of primary amides is 1. The van der Waals surface area contributed by atoms with Crippen LogP contribution in [0, 0.1) is 0 Å². The monoisotopic (exact) mass is 245 g/mol. The van der Waals surface area contributed by atoms with E-state index in [-0.39, 0.29) is 19.2 Å². The zero-order valence-electron chi connectivity index (χ0n) is 9.14. The lowest BCUT2D eigenvalue weighted by molar-refractivity contribution is -0.133. The lowest BCUT2D eigenvalue weighted by atomic mass is 10.0. The molecule has 0 aromatic rings. The fourth-order valence-electron chi connectivity index (χ4n) is 1.52. The number of hydrogen-bond acceptors (Lipinski definition) is 4. The zero-order valence-corrected chi connectivity index (χ0v) is 9.14. The maximum atomic E-state index is 11.2. The molecule has 0 spiro atoms. The van der Waals surface area contributed by atoms with E-state index in [0.29, 0.717) is 12.8 Å². The van der Waals surface area contributed by atoms with Gasteiger partial charge in [0.15, 0.2) is 0 Å². The summed E-state index contributed by atoms with van der Waals surface area (Å²) in [5.74, 6) is -0.944. The van der Waals surface area contributed by atoms with Crippen molar-refractivity contribution in [3.05, 3.63) is 0 Å². The molecule has 0 aromatic carbocycles. The van der Waals surface area contributed by atoms with Crippen LogP contribution >= 0.6 is 0 Å². The maximum absolute atomic E-state index is 11.2. The summed E-state index contributed by atoms with van der Waals surface area (Å²) in [6.07, 6.45) is -0.826. The first kappa shape index (κ1) is 13.2. The van der Waals surface area contributed by atoms with Crippen molar-refractivity contribution >= 4 is 17.9 Å². The van der Waals surface area contributed by atoms with E-state index in [4.69, 9.17) is 15.6 Å². The molecule has 0 saturated carbocycles. The van der Waals surface area contributed by atoms with E-state index in [1.54, 1.807) is 0 Å². The minimum Gasteiger partial charge on any atom is -0.465 e. The van der Waals surface area contributed by atoms with Crippen molar-refractivity contribution in [3.8, 4) is 0 Å². The largest absolute Gasteiger partial charge is 0.465 e. The summed E-state index contributed by atoms with van der Waals surface area (Å²) in [7, 11) is 0. The second kappa shape index (κ2) is 6.04. The van der Waals surface area contributed by atoms with Crippen molar-refractivity contribution in [1.29, 1.82) is 0 Å². The Labute approximate surface area is 97.5 Å². The van der Waals surface area contributed by atoms with Crippen molar-refractivity contribution in [3.63, 3.8) is 0 Å². The highest BCUT2D eigenvalue weighted by Crippen LogP contribution is 2.12. The first-order valence-corrected chi connectivity index (χ1v) is 5.16. The molecule has 1 saturated heterocycles. The molecule has 0 radical (unpaired) electrons. The van der Waals surface area contributed by atoms with Gasteiger partial charge in [-0.15, -0.1) is 0 Å². The van der Waals surface area contributed by atoms with Crippen LogP contribution in [0.3, 0.4) is 0 Å². The van der Waals surface area contributed by atoms with Gasteiger partial charge in [-0.25, -0.2) is 4.79 Å². The second-order valence-electron chi connectivity index (χ2n) is 3.72. The number of hydrogen-bond donors (Lipinski definition) is 4. The molecule has 1 aliphatic rings. The van der Waals surface area contributed by atoms with Crippen molar-refractivity contribution in [1.82, 2.24) is 10.6 Å². The molecule has 1 aliphatic heterocycles. The van der Waals surface area contributed by atoms with Gasteiger partial charge in [-0.3, -0.25) is 9.59 Å². The fraction of sp³-hybridized carbons (Fsp3) is 0.667. The summed E-state index contributed by atoms with van der Waals surface area (Å²) in [5.41, 5.74) is 5.07. The van der Waals surface area contributed by atoms with E-state index in [9.17, 15) is 14.4 Å². The van der Waals surface area contributed by atoms with Crippen LogP contribution in [0.1, 0.15) is 12.8 Å². The molecule has 17 heavy (non-hydrogen) atoms. The summed E-state index contributed by atoms with van der Waals surface area (Å²) < 4.78 is 5.15. The summed E-state index contributed by atoms with van der Waals surface area (Å²) in [6, 6.07) is -0.214. The van der Waals surface area contributed by atoms with Gasteiger partial charge in [0, 0.05) is 0 Å². The molecule has 0 bridgehead atoms. The molecule has 1 heterocycles. The number of nitrogens with two attached hydrogens (primary N) is 1. The molecule has 2 atom stereocenters. The Balaban J connectivity index is 2.23. The van der Waals surface area contributed by atoms with E-state index in [1.165, 1.54) is 0 Å². The quantitative estimate of drug-likeness (QED) is 0.474. The van der Waals surface area contributed by atoms with Gasteiger partial charge >= 0.3 is 6.09 Å². The molecule has 0 aliphatic carbocycles. The van der Waals surface area contributed by atoms with Gasteiger partial charge in [0.25, 0.3) is 0 Å². The minimum atomic E-state index is -1.26. The Morgan fingerprint density at radius 2 is 2.06 bits per heavy atom. The van der Waals surface area contributed by atoms with Crippen LogP contribution in [-0.4, -0.2) is 48.3 Å². The average molecular weight is 245 g/mol. The predicted molar refractivity (Wildman–Crippen MR) is 56.1 cm³/mol. The number of rotatable bonds is 4. The molecule has 3 amide bonds. The lowest BCUT2D eigenvalue weighted by Gasteiger charge is -2.27. The zero-order chi connectivity index (χ0) is 12.8. The van der Waals surface area contributed by atoms with Gasteiger partial charge in [-0.05, 0) is 12.8 Å². The first-order valence-electron chi connectivity index (χ1n) is 5.16. The van der Waals surface area contributed by atoms with Crippen LogP contribution in [-0.2, 0) is 14.3 Å². The Kier molecular flexibility index (Phi) is 4.70. The molecular weight excluding hydrogens is 230 g/mol. The van der Waals surface area contributed by atoms with Crippen LogP contribution in [0.2, 0.25) is 0 Å². The SMILES string of the molecule is NC(=O)[C@@H]1CC[C@@H](NC(=O)CNC(=O)O)CO1. The molecule has 96 valence electrons. The molecule has 5 N–H and O–H groups in total. The number of carboxylic acid groups (broad SMARTS) is 1. The highest BCUT2D eigenvalue weighted by molar-refractivity contribution is 5.82. The highest BCUT2D eigenvalue weighted by Gasteiger charge is 2.26. The van der Waals surface area contributed by atoms with Crippen LogP contribution in [0.5, 0.6) is 0 Å². The summed E-state index contributed by atoms with van der Waals surface area (Å²) >= 11 is 0. The third kappa shape index (κ3) is 4.68. The molecule has 0 aromatic heterocycles. The smallest absolute Gasteiger partial charge is 0.405 e. The molecular formula is C9H15N3O5. The topological polar surface area (TPSA) is 131 Å². The molecule has 1 rings (SSSR count). The van der Waals surface area contributed by atoms with Gasteiger partial charge < -0.3 is 26.2 Å². The Morgan fingerprint density at radius 3 is 2.53 bits per heavy atom. The van der Waals surface area contributed by atoms with E-state index in [2.05, 4.69) is 5.32 Å². The van der Waals surface area contributed by atoms with Crippen LogP contribution in [0.4, 0.5) is 4.79 Å². The average Bonchev–Trinajstić information content (AvgIpc) is 2.27. The van der Waals surface area contributed by atoms with Crippen molar-refractivity contribution in [2.24, 2.45) is 5.73 Å². The van der Waals surface area contributed by atoms with Gasteiger partial charge in [0.1, 0.15) is 6.10 Å². The van der Waals surface area contributed by atoms with Gasteiger partial charge in [-0.2, -0.15) is 0 Å².